The molecular formula is C18H15F3N4O. The van der Waals surface area contributed by atoms with Crippen molar-refractivity contribution in [1.29, 1.82) is 0 Å². The zero-order valence-corrected chi connectivity index (χ0v) is 13.8. The van der Waals surface area contributed by atoms with E-state index in [0.717, 1.165) is 12.1 Å². The van der Waals surface area contributed by atoms with Gasteiger partial charge in [-0.3, -0.25) is 4.79 Å². The number of aryl methyl sites for hydroxylation is 1. The molecule has 3 aromatic rings. The highest BCUT2D eigenvalue weighted by Gasteiger charge is 2.30. The smallest absolute Gasteiger partial charge is 0.345 e. The van der Waals surface area contributed by atoms with Crippen molar-refractivity contribution in [1.82, 2.24) is 20.1 Å². The summed E-state index contributed by atoms with van der Waals surface area (Å²) in [7, 11) is 0. The quantitative estimate of drug-likeness (QED) is 0.774. The Hall–Kier alpha value is -3.16. The summed E-state index contributed by atoms with van der Waals surface area (Å²) in [5.41, 5.74) is 0.743. The van der Waals surface area contributed by atoms with E-state index in [2.05, 4.69) is 15.4 Å². The highest BCUT2D eigenvalue weighted by molar-refractivity contribution is 5.91. The summed E-state index contributed by atoms with van der Waals surface area (Å²) in [6, 6.07) is 12.6. The predicted octanol–water partition coefficient (Wildman–Crippen LogP) is 3.52. The number of nitrogens with one attached hydrogen (secondary N) is 1. The van der Waals surface area contributed by atoms with Gasteiger partial charge < -0.3 is 5.32 Å². The second-order valence-electron chi connectivity index (χ2n) is 5.72. The number of aromatic nitrogens is 3. The van der Waals surface area contributed by atoms with Gasteiger partial charge in [-0.1, -0.05) is 29.8 Å². The minimum absolute atomic E-state index is 0.0504. The van der Waals surface area contributed by atoms with Gasteiger partial charge in [-0.15, -0.1) is 0 Å². The molecule has 134 valence electrons. The molecule has 0 aliphatic carbocycles. The van der Waals surface area contributed by atoms with E-state index in [1.54, 1.807) is 37.3 Å². The number of amides is 1. The summed E-state index contributed by atoms with van der Waals surface area (Å²) < 4.78 is 40.1. The van der Waals surface area contributed by atoms with Gasteiger partial charge in [0.05, 0.1) is 11.3 Å². The Bertz CT molecular complexity index is 920. The first-order valence-corrected chi connectivity index (χ1v) is 7.76. The molecule has 0 unspecified atom stereocenters. The lowest BCUT2D eigenvalue weighted by molar-refractivity contribution is -0.137. The molecule has 0 saturated heterocycles. The van der Waals surface area contributed by atoms with Crippen LogP contribution in [-0.2, 0) is 12.7 Å². The average molecular weight is 360 g/mol. The van der Waals surface area contributed by atoms with E-state index >= 15 is 0 Å². The zero-order chi connectivity index (χ0) is 18.7. The third-order valence-corrected chi connectivity index (χ3v) is 3.67. The Kier molecular flexibility index (Phi) is 4.75. The van der Waals surface area contributed by atoms with Crippen molar-refractivity contribution in [3.8, 4) is 5.69 Å². The maximum absolute atomic E-state index is 12.9. The molecule has 0 spiro atoms. The van der Waals surface area contributed by atoms with E-state index in [4.69, 9.17) is 0 Å². The molecule has 0 radical (unpaired) electrons. The van der Waals surface area contributed by atoms with Crippen molar-refractivity contribution < 1.29 is 18.0 Å². The number of halogens is 3. The molecule has 26 heavy (non-hydrogen) atoms. The largest absolute Gasteiger partial charge is 0.416 e. The molecule has 0 saturated carbocycles. The molecule has 0 aliphatic heterocycles. The van der Waals surface area contributed by atoms with Crippen molar-refractivity contribution in [3.05, 3.63) is 77.4 Å². The maximum Gasteiger partial charge on any atom is 0.416 e. The maximum atomic E-state index is 12.9. The number of carbonyl (C=O) groups is 1. The molecule has 0 bridgehead atoms. The number of hydrogen-bond donors (Lipinski definition) is 1. The molecule has 1 aromatic heterocycles. The predicted molar refractivity (Wildman–Crippen MR) is 88.7 cm³/mol. The second-order valence-corrected chi connectivity index (χ2v) is 5.72. The molecular weight excluding hydrogens is 345 g/mol. The van der Waals surface area contributed by atoms with Crippen LogP contribution in [0.5, 0.6) is 0 Å². The van der Waals surface area contributed by atoms with E-state index in [0.29, 0.717) is 16.8 Å². The standard InChI is InChI=1S/C18H15F3N4O/c1-12-7-13(9-14(8-12)18(19,20)21)10-22-17(26)16-23-11-24-25(16)15-5-3-2-4-6-15/h2-9,11H,10H2,1H3,(H,22,26). The summed E-state index contributed by atoms with van der Waals surface area (Å²) in [5, 5.41) is 6.61. The molecule has 2 aromatic carbocycles. The molecule has 0 fully saturated rings. The highest BCUT2D eigenvalue weighted by atomic mass is 19.4. The minimum Gasteiger partial charge on any atom is -0.345 e. The van der Waals surface area contributed by atoms with Crippen molar-refractivity contribution in [2.75, 3.05) is 0 Å². The molecule has 1 heterocycles. The van der Waals surface area contributed by atoms with Crippen LogP contribution in [0.15, 0.2) is 54.9 Å². The van der Waals surface area contributed by atoms with Crippen LogP contribution in [0.25, 0.3) is 5.69 Å². The third kappa shape index (κ3) is 3.90. The number of para-hydroxylation sites is 1. The van der Waals surface area contributed by atoms with Gasteiger partial charge >= 0.3 is 6.18 Å². The summed E-state index contributed by atoms with van der Waals surface area (Å²) in [5.74, 6) is -0.471. The number of rotatable bonds is 4. The zero-order valence-electron chi connectivity index (χ0n) is 13.8. The fraction of sp³-hybridized carbons (Fsp3) is 0.167. The van der Waals surface area contributed by atoms with Crippen LogP contribution in [-0.4, -0.2) is 20.7 Å². The third-order valence-electron chi connectivity index (χ3n) is 3.67. The summed E-state index contributed by atoms with van der Waals surface area (Å²) in [6.07, 6.45) is -3.19. The lowest BCUT2D eigenvalue weighted by Crippen LogP contribution is -2.26. The lowest BCUT2D eigenvalue weighted by Gasteiger charge is -2.11. The van der Waals surface area contributed by atoms with Crippen molar-refractivity contribution in [2.45, 2.75) is 19.6 Å². The summed E-state index contributed by atoms with van der Waals surface area (Å²) >= 11 is 0. The van der Waals surface area contributed by atoms with Crippen molar-refractivity contribution >= 4 is 5.91 Å². The van der Waals surface area contributed by atoms with E-state index in [-0.39, 0.29) is 12.4 Å². The van der Waals surface area contributed by atoms with Gasteiger partial charge in [0, 0.05) is 6.54 Å². The highest BCUT2D eigenvalue weighted by Crippen LogP contribution is 2.30. The number of hydrogen-bond acceptors (Lipinski definition) is 3. The van der Waals surface area contributed by atoms with Crippen LogP contribution in [0.3, 0.4) is 0 Å². The Labute approximate surface area is 147 Å². The monoisotopic (exact) mass is 360 g/mol. The van der Waals surface area contributed by atoms with Crippen LogP contribution >= 0.6 is 0 Å². The van der Waals surface area contributed by atoms with Gasteiger partial charge in [0.2, 0.25) is 5.82 Å². The van der Waals surface area contributed by atoms with Crippen LogP contribution in [0.1, 0.15) is 27.3 Å². The average Bonchev–Trinajstić information content (AvgIpc) is 3.09. The molecule has 1 amide bonds. The van der Waals surface area contributed by atoms with Gasteiger partial charge in [0.1, 0.15) is 6.33 Å². The Morgan fingerprint density at radius 3 is 2.58 bits per heavy atom. The SMILES string of the molecule is Cc1cc(CNC(=O)c2ncnn2-c2ccccc2)cc(C(F)(F)F)c1. The molecule has 1 N–H and O–H groups in total. The first-order chi connectivity index (χ1) is 12.3. The topological polar surface area (TPSA) is 59.8 Å². The second kappa shape index (κ2) is 6.99. The van der Waals surface area contributed by atoms with E-state index in [1.807, 2.05) is 6.07 Å². The fourth-order valence-electron chi connectivity index (χ4n) is 2.54. The molecule has 3 rings (SSSR count). The van der Waals surface area contributed by atoms with Crippen LogP contribution in [0.2, 0.25) is 0 Å². The first-order valence-electron chi connectivity index (χ1n) is 7.76. The van der Waals surface area contributed by atoms with Crippen LogP contribution < -0.4 is 5.32 Å². The van der Waals surface area contributed by atoms with E-state index in [1.165, 1.54) is 11.0 Å². The minimum atomic E-state index is -4.43. The van der Waals surface area contributed by atoms with E-state index in [9.17, 15) is 18.0 Å². The molecule has 5 nitrogen and oxygen atoms in total. The Morgan fingerprint density at radius 1 is 1.15 bits per heavy atom. The van der Waals surface area contributed by atoms with Gasteiger partial charge in [-0.2, -0.15) is 18.3 Å². The van der Waals surface area contributed by atoms with Gasteiger partial charge in [0.25, 0.3) is 5.91 Å². The fourth-order valence-corrected chi connectivity index (χ4v) is 2.54. The number of alkyl halides is 3. The molecule has 0 aliphatic rings. The van der Waals surface area contributed by atoms with E-state index < -0.39 is 17.6 Å². The number of nitrogens with zero attached hydrogens (tertiary/aromatic N) is 3. The van der Waals surface area contributed by atoms with Gasteiger partial charge in [-0.05, 0) is 36.8 Å². The Morgan fingerprint density at radius 2 is 1.88 bits per heavy atom. The lowest BCUT2D eigenvalue weighted by atomic mass is 10.1. The van der Waals surface area contributed by atoms with Crippen molar-refractivity contribution in [3.63, 3.8) is 0 Å². The number of carbonyl (C=O) groups excluding carboxylic acids is 1. The van der Waals surface area contributed by atoms with Crippen LogP contribution in [0.4, 0.5) is 13.2 Å². The van der Waals surface area contributed by atoms with Crippen molar-refractivity contribution in [2.24, 2.45) is 0 Å². The molecule has 8 heteroatoms. The van der Waals surface area contributed by atoms with Gasteiger partial charge in [0.15, 0.2) is 0 Å². The van der Waals surface area contributed by atoms with Gasteiger partial charge in [-0.25, -0.2) is 9.67 Å². The summed E-state index contributed by atoms with van der Waals surface area (Å²) in [4.78, 5) is 16.3. The first kappa shape index (κ1) is 17.7. The molecule has 0 atom stereocenters. The number of benzene rings is 2. The Balaban J connectivity index is 1.77. The van der Waals surface area contributed by atoms with Crippen LogP contribution in [0, 0.1) is 6.92 Å². The normalized spacial score (nSPS) is 11.4. The summed E-state index contributed by atoms with van der Waals surface area (Å²) in [6.45, 7) is 1.53.